The lowest BCUT2D eigenvalue weighted by Gasteiger charge is -2.25. The Bertz CT molecular complexity index is 997. The number of rotatable bonds is 8. The van der Waals surface area contributed by atoms with Gasteiger partial charge in [-0.15, -0.1) is 0 Å². The fourth-order valence-corrected chi connectivity index (χ4v) is 4.44. The lowest BCUT2D eigenvalue weighted by molar-refractivity contribution is 0.523. The monoisotopic (exact) mass is 514 g/mol. The molecule has 0 aliphatic rings. The van der Waals surface area contributed by atoms with Crippen molar-refractivity contribution < 1.29 is 13.5 Å². The van der Waals surface area contributed by atoms with E-state index in [4.69, 9.17) is 40.2 Å². The highest BCUT2D eigenvalue weighted by molar-refractivity contribution is 7.80. The minimum Gasteiger partial charge on any atom is -0.755 e. The molecule has 2 atom stereocenters. The molecule has 0 fully saturated rings. The van der Waals surface area contributed by atoms with Gasteiger partial charge in [0.15, 0.2) is 10.8 Å². The average molecular weight is 516 g/mol. The highest BCUT2D eigenvalue weighted by Gasteiger charge is 2.25. The van der Waals surface area contributed by atoms with E-state index in [1.165, 1.54) is 17.2 Å². The predicted molar refractivity (Wildman–Crippen MR) is 139 cm³/mol. The third kappa shape index (κ3) is 6.45. The summed E-state index contributed by atoms with van der Waals surface area (Å²) in [6.45, 7) is 14.4. The highest BCUT2D eigenvalue weighted by atomic mass is 35.5. The van der Waals surface area contributed by atoms with Gasteiger partial charge in [0, 0.05) is 28.7 Å². The molecule has 8 heteroatoms. The molecular weight excluding hydrogens is 485 g/mol. The van der Waals surface area contributed by atoms with E-state index in [0.717, 1.165) is 5.56 Å². The lowest BCUT2D eigenvalue weighted by atomic mass is 9.85. The van der Waals surface area contributed by atoms with Crippen molar-refractivity contribution in [3.05, 3.63) is 56.6 Å². The predicted octanol–water partition coefficient (Wildman–Crippen LogP) is 7.96. The van der Waals surface area contributed by atoms with Crippen molar-refractivity contribution in [2.45, 2.75) is 66.2 Å². The number of hydrogen-bond donors (Lipinski definition) is 1. The Hall–Kier alpha value is -1.18. The van der Waals surface area contributed by atoms with Crippen LogP contribution in [0.5, 0.6) is 5.75 Å². The van der Waals surface area contributed by atoms with Crippen LogP contribution in [-0.4, -0.2) is 13.8 Å². The van der Waals surface area contributed by atoms with Gasteiger partial charge in [-0.3, -0.25) is 4.21 Å². The van der Waals surface area contributed by atoms with E-state index < -0.39 is 11.3 Å². The molecule has 0 amide bonds. The van der Waals surface area contributed by atoms with E-state index in [-0.39, 0.29) is 27.6 Å². The number of thiocarbonyl (C=S) groups is 1. The standard InChI is InChI=1S/C24H31Cl2NO3S2/c1-12(2)16-8-17(13(3)4)10-18(9-16)15(7)21-20(27-32(28)29)11-19(25)23(22(21)26)30-24(31)14(5)6/h8-15,27H,1-7H3,(H,28,29)/p-1. The van der Waals surface area contributed by atoms with Gasteiger partial charge in [0.2, 0.25) is 0 Å². The number of nitrogens with one attached hydrogen (secondary N) is 1. The van der Waals surface area contributed by atoms with E-state index in [2.05, 4.69) is 50.6 Å². The fraction of sp³-hybridized carbons (Fsp3) is 0.458. The van der Waals surface area contributed by atoms with Crippen LogP contribution in [0, 0.1) is 5.92 Å². The van der Waals surface area contributed by atoms with Gasteiger partial charge in [-0.05, 0) is 46.8 Å². The number of anilines is 1. The molecule has 0 bridgehead atoms. The molecule has 2 aromatic rings. The van der Waals surface area contributed by atoms with Gasteiger partial charge in [-0.25, -0.2) is 0 Å². The zero-order valence-corrected chi connectivity index (χ0v) is 22.6. The molecule has 0 aliphatic heterocycles. The van der Waals surface area contributed by atoms with Gasteiger partial charge in [-0.2, -0.15) is 0 Å². The summed E-state index contributed by atoms with van der Waals surface area (Å²) in [4.78, 5) is 0. The quantitative estimate of drug-likeness (QED) is 0.286. The summed E-state index contributed by atoms with van der Waals surface area (Å²) in [6.07, 6.45) is 0. The summed E-state index contributed by atoms with van der Waals surface area (Å²) in [5.41, 5.74) is 4.34. The zero-order chi connectivity index (χ0) is 24.3. The molecule has 0 heterocycles. The first-order valence-electron chi connectivity index (χ1n) is 10.6. The van der Waals surface area contributed by atoms with Crippen LogP contribution >= 0.6 is 35.4 Å². The minimum atomic E-state index is -2.55. The molecule has 0 aromatic heterocycles. The maximum absolute atomic E-state index is 11.5. The molecule has 0 saturated heterocycles. The molecule has 2 rings (SSSR count). The maximum atomic E-state index is 11.5. The van der Waals surface area contributed by atoms with Gasteiger partial charge in [0.1, 0.15) is 0 Å². The SMILES string of the molecule is CC(C)C(=S)Oc1c(Cl)cc(NS(=O)[O-])c(C(C)c2cc(C(C)C)cc(C(C)C)c2)c1Cl. The maximum Gasteiger partial charge on any atom is 0.170 e. The normalized spacial score (nSPS) is 13.5. The summed E-state index contributed by atoms with van der Waals surface area (Å²) in [6, 6.07) is 8.02. The Kier molecular flexibility index (Phi) is 9.56. The van der Waals surface area contributed by atoms with E-state index in [1.807, 2.05) is 20.8 Å². The number of hydrogen-bond acceptors (Lipinski definition) is 4. The summed E-state index contributed by atoms with van der Waals surface area (Å²) in [5, 5.41) is 0.770. The van der Waals surface area contributed by atoms with Crippen molar-refractivity contribution in [1.82, 2.24) is 0 Å². The van der Waals surface area contributed by atoms with Crippen LogP contribution in [0.25, 0.3) is 0 Å². The zero-order valence-electron chi connectivity index (χ0n) is 19.4. The van der Waals surface area contributed by atoms with Crippen molar-refractivity contribution in [2.24, 2.45) is 5.92 Å². The molecule has 2 aromatic carbocycles. The Morgan fingerprint density at radius 3 is 1.91 bits per heavy atom. The molecule has 0 radical (unpaired) electrons. The van der Waals surface area contributed by atoms with Crippen molar-refractivity contribution in [3.8, 4) is 5.75 Å². The van der Waals surface area contributed by atoms with Gasteiger partial charge in [0.25, 0.3) is 0 Å². The number of benzene rings is 2. The first-order valence-corrected chi connectivity index (χ1v) is 12.8. The van der Waals surface area contributed by atoms with Crippen molar-refractivity contribution in [1.29, 1.82) is 0 Å². The van der Waals surface area contributed by atoms with Crippen LogP contribution in [0.4, 0.5) is 5.69 Å². The molecule has 32 heavy (non-hydrogen) atoms. The number of ether oxygens (including phenoxy) is 1. The van der Waals surface area contributed by atoms with Crippen LogP contribution in [0.3, 0.4) is 0 Å². The third-order valence-electron chi connectivity index (χ3n) is 5.35. The van der Waals surface area contributed by atoms with Crippen LogP contribution in [0.15, 0.2) is 24.3 Å². The Balaban J connectivity index is 2.73. The van der Waals surface area contributed by atoms with Crippen LogP contribution < -0.4 is 9.46 Å². The lowest BCUT2D eigenvalue weighted by Crippen LogP contribution is -2.15. The van der Waals surface area contributed by atoms with Crippen molar-refractivity contribution in [3.63, 3.8) is 0 Å². The van der Waals surface area contributed by atoms with Gasteiger partial charge in [0.05, 0.1) is 15.7 Å². The van der Waals surface area contributed by atoms with E-state index in [0.29, 0.717) is 28.1 Å². The largest absolute Gasteiger partial charge is 0.755 e. The first-order chi connectivity index (χ1) is 14.8. The molecule has 1 N–H and O–H groups in total. The number of halogens is 2. The topological polar surface area (TPSA) is 61.4 Å². The van der Waals surface area contributed by atoms with Gasteiger partial charge >= 0.3 is 0 Å². The van der Waals surface area contributed by atoms with Crippen LogP contribution in [-0.2, 0) is 11.3 Å². The summed E-state index contributed by atoms with van der Waals surface area (Å²) < 4.78 is 31.3. The van der Waals surface area contributed by atoms with Crippen molar-refractivity contribution in [2.75, 3.05) is 4.72 Å². The highest BCUT2D eigenvalue weighted by Crippen LogP contribution is 2.46. The molecular formula is C24H30Cl2NO3S2-. The van der Waals surface area contributed by atoms with Gasteiger partial charge in [-0.1, -0.05) is 89.9 Å². The van der Waals surface area contributed by atoms with Crippen molar-refractivity contribution >= 4 is 57.4 Å². The van der Waals surface area contributed by atoms with Crippen LogP contribution in [0.1, 0.15) is 88.5 Å². The second-order valence-corrected chi connectivity index (χ2v) is 10.7. The van der Waals surface area contributed by atoms with Crippen LogP contribution in [0.2, 0.25) is 10.0 Å². The molecule has 0 spiro atoms. The molecule has 4 nitrogen and oxygen atoms in total. The van der Waals surface area contributed by atoms with E-state index >= 15 is 0 Å². The summed E-state index contributed by atoms with van der Waals surface area (Å²) in [7, 11) is 0. The summed E-state index contributed by atoms with van der Waals surface area (Å²) in [5.74, 6) is 0.669. The average Bonchev–Trinajstić information content (AvgIpc) is 2.69. The van der Waals surface area contributed by atoms with Gasteiger partial charge < -0.3 is 14.0 Å². The Morgan fingerprint density at radius 2 is 1.47 bits per heavy atom. The molecule has 0 aliphatic carbocycles. The Labute approximate surface area is 209 Å². The van der Waals surface area contributed by atoms with E-state index in [9.17, 15) is 8.76 Å². The third-order valence-corrected chi connectivity index (χ3v) is 6.94. The molecule has 0 saturated carbocycles. The Morgan fingerprint density at radius 1 is 0.969 bits per heavy atom. The second-order valence-electron chi connectivity index (χ2n) is 8.84. The van der Waals surface area contributed by atoms with E-state index in [1.54, 1.807) is 0 Å². The second kappa shape index (κ2) is 11.3. The smallest absolute Gasteiger partial charge is 0.170 e. The minimum absolute atomic E-state index is 0.0127. The first kappa shape index (κ1) is 27.1. The summed E-state index contributed by atoms with van der Waals surface area (Å²) >= 11 is 16.0. The fourth-order valence-electron chi connectivity index (χ4n) is 3.31. The molecule has 2 unspecified atom stereocenters. The molecule has 176 valence electrons.